The molecule has 6 heteroatoms. The van der Waals surface area contributed by atoms with Crippen LogP contribution in [0.2, 0.25) is 0 Å². The Balaban J connectivity index is 2.53. The van der Waals surface area contributed by atoms with Crippen LogP contribution in [0.4, 0.5) is 5.69 Å². The van der Waals surface area contributed by atoms with E-state index in [0.717, 1.165) is 12.0 Å². The van der Waals surface area contributed by atoms with Crippen LogP contribution in [0, 0.1) is 11.3 Å². The van der Waals surface area contributed by atoms with Gasteiger partial charge in [-0.3, -0.25) is 14.5 Å². The molecule has 1 aromatic rings. The lowest BCUT2D eigenvalue weighted by Gasteiger charge is -2.18. The summed E-state index contributed by atoms with van der Waals surface area (Å²) in [5.41, 5.74) is 1.80. The number of likely N-dealkylation sites (N-methyl/N-ethyl adjacent to an activating group) is 1. The van der Waals surface area contributed by atoms with E-state index in [9.17, 15) is 14.9 Å². The van der Waals surface area contributed by atoms with Gasteiger partial charge in [-0.25, -0.2) is 0 Å². The second-order valence-corrected chi connectivity index (χ2v) is 6.15. The Morgan fingerprint density at radius 2 is 2.05 bits per heavy atom. The van der Waals surface area contributed by atoms with Crippen molar-refractivity contribution >= 4 is 29.3 Å². The lowest BCUT2D eigenvalue weighted by Crippen LogP contribution is -2.29. The standard InChI is InChI=1S/C16H17N3O2S/c1-4-11-5-7-12(8-6-11)19-15(21)10(2)22-16(19)13(9-17)14(20)18-3/h5-8,10H,4H2,1-3H3,(H,18,20)/b16-13-. The lowest BCUT2D eigenvalue weighted by molar-refractivity contribution is -0.117. The Bertz CT molecular complexity index is 674. The second kappa shape index (κ2) is 6.67. The van der Waals surface area contributed by atoms with Gasteiger partial charge in [0.1, 0.15) is 16.7 Å². The molecule has 2 amide bonds. The first kappa shape index (κ1) is 16.1. The number of nitriles is 1. The number of nitrogens with one attached hydrogen (secondary N) is 1. The molecule has 1 heterocycles. The average Bonchev–Trinajstić information content (AvgIpc) is 2.83. The third-order valence-electron chi connectivity index (χ3n) is 3.44. The molecule has 0 aromatic heterocycles. The Hall–Kier alpha value is -2.26. The van der Waals surface area contributed by atoms with Gasteiger partial charge in [-0.2, -0.15) is 5.26 Å². The molecule has 2 rings (SSSR count). The molecule has 1 N–H and O–H groups in total. The Kier molecular flexibility index (Phi) is 4.88. The van der Waals surface area contributed by atoms with E-state index in [0.29, 0.717) is 10.7 Å². The molecule has 5 nitrogen and oxygen atoms in total. The minimum atomic E-state index is -0.484. The smallest absolute Gasteiger partial charge is 0.264 e. The van der Waals surface area contributed by atoms with Gasteiger partial charge in [-0.1, -0.05) is 30.8 Å². The fourth-order valence-corrected chi connectivity index (χ4v) is 3.27. The van der Waals surface area contributed by atoms with E-state index >= 15 is 0 Å². The number of nitrogens with zero attached hydrogens (tertiary/aromatic N) is 2. The second-order valence-electron chi connectivity index (χ2n) is 4.82. The zero-order chi connectivity index (χ0) is 16.3. The molecule has 1 unspecified atom stereocenters. The van der Waals surface area contributed by atoms with E-state index in [1.807, 2.05) is 30.3 Å². The van der Waals surface area contributed by atoms with E-state index < -0.39 is 5.91 Å². The quantitative estimate of drug-likeness (QED) is 0.685. The van der Waals surface area contributed by atoms with E-state index in [4.69, 9.17) is 0 Å². The summed E-state index contributed by atoms with van der Waals surface area (Å²) < 4.78 is 0. The summed E-state index contributed by atoms with van der Waals surface area (Å²) in [6.07, 6.45) is 0.907. The minimum Gasteiger partial charge on any atom is -0.354 e. The fourth-order valence-electron chi connectivity index (χ4n) is 2.17. The van der Waals surface area contributed by atoms with Gasteiger partial charge in [0.05, 0.1) is 5.25 Å². The first-order valence-electron chi connectivity index (χ1n) is 6.99. The highest BCUT2D eigenvalue weighted by Crippen LogP contribution is 2.40. The summed E-state index contributed by atoms with van der Waals surface area (Å²) in [6, 6.07) is 9.48. The zero-order valence-electron chi connectivity index (χ0n) is 12.7. The van der Waals surface area contributed by atoms with Crippen molar-refractivity contribution in [3.8, 4) is 6.07 Å². The van der Waals surface area contributed by atoms with Crippen LogP contribution in [-0.4, -0.2) is 24.1 Å². The molecule has 0 spiro atoms. The number of anilines is 1. The molecular formula is C16H17N3O2S. The Morgan fingerprint density at radius 1 is 1.41 bits per heavy atom. The molecule has 1 aliphatic rings. The van der Waals surface area contributed by atoms with Gasteiger partial charge in [-0.15, -0.1) is 0 Å². The normalized spacial score (nSPS) is 19.8. The van der Waals surface area contributed by atoms with Gasteiger partial charge in [0.25, 0.3) is 5.91 Å². The molecule has 1 aromatic carbocycles. The summed E-state index contributed by atoms with van der Waals surface area (Å²) >= 11 is 1.24. The highest BCUT2D eigenvalue weighted by atomic mass is 32.2. The first-order chi connectivity index (χ1) is 10.5. The van der Waals surface area contributed by atoms with Crippen LogP contribution in [0.15, 0.2) is 34.9 Å². The van der Waals surface area contributed by atoms with Gasteiger partial charge >= 0.3 is 0 Å². The number of amides is 2. The van der Waals surface area contributed by atoms with Crippen LogP contribution in [-0.2, 0) is 16.0 Å². The van der Waals surface area contributed by atoms with Crippen LogP contribution >= 0.6 is 11.8 Å². The molecule has 0 aliphatic carbocycles. The van der Waals surface area contributed by atoms with Gasteiger partial charge in [-0.05, 0) is 31.0 Å². The maximum absolute atomic E-state index is 12.4. The van der Waals surface area contributed by atoms with Crippen molar-refractivity contribution in [1.82, 2.24) is 5.32 Å². The van der Waals surface area contributed by atoms with E-state index in [2.05, 4.69) is 12.2 Å². The number of hydrogen-bond acceptors (Lipinski definition) is 4. The maximum atomic E-state index is 12.4. The number of carbonyl (C=O) groups excluding carboxylic acids is 2. The van der Waals surface area contributed by atoms with Crippen molar-refractivity contribution in [1.29, 1.82) is 5.26 Å². The van der Waals surface area contributed by atoms with E-state index in [1.54, 1.807) is 6.92 Å². The third-order valence-corrected chi connectivity index (χ3v) is 4.61. The number of aryl methyl sites for hydroxylation is 1. The molecule has 1 aliphatic heterocycles. The predicted molar refractivity (Wildman–Crippen MR) is 87.1 cm³/mol. The van der Waals surface area contributed by atoms with E-state index in [1.165, 1.54) is 23.7 Å². The van der Waals surface area contributed by atoms with Crippen LogP contribution < -0.4 is 10.2 Å². The maximum Gasteiger partial charge on any atom is 0.264 e. The SMILES string of the molecule is CCc1ccc(N2C(=O)C(C)S/C2=C(/C#N)C(=O)NC)cc1. The molecule has 1 saturated heterocycles. The number of carbonyl (C=O) groups is 2. The van der Waals surface area contributed by atoms with Crippen molar-refractivity contribution in [2.75, 3.05) is 11.9 Å². The minimum absolute atomic E-state index is 0.0373. The Morgan fingerprint density at radius 3 is 2.55 bits per heavy atom. The summed E-state index contributed by atoms with van der Waals surface area (Å²) in [5.74, 6) is -0.608. The molecular weight excluding hydrogens is 298 g/mol. The summed E-state index contributed by atoms with van der Waals surface area (Å²) in [5, 5.41) is 11.8. The van der Waals surface area contributed by atoms with Crippen molar-refractivity contribution in [2.45, 2.75) is 25.5 Å². The van der Waals surface area contributed by atoms with Gasteiger partial charge < -0.3 is 5.32 Å². The summed E-state index contributed by atoms with van der Waals surface area (Å²) in [4.78, 5) is 25.8. The van der Waals surface area contributed by atoms with Crippen LogP contribution in [0.5, 0.6) is 0 Å². The Labute approximate surface area is 134 Å². The van der Waals surface area contributed by atoms with Crippen LogP contribution in [0.3, 0.4) is 0 Å². The molecule has 1 fully saturated rings. The van der Waals surface area contributed by atoms with Crippen molar-refractivity contribution in [3.05, 3.63) is 40.4 Å². The molecule has 0 radical (unpaired) electrons. The molecule has 114 valence electrons. The number of benzene rings is 1. The largest absolute Gasteiger partial charge is 0.354 e. The highest BCUT2D eigenvalue weighted by Gasteiger charge is 2.38. The first-order valence-corrected chi connectivity index (χ1v) is 7.87. The van der Waals surface area contributed by atoms with Crippen molar-refractivity contribution < 1.29 is 9.59 Å². The predicted octanol–water partition coefficient (Wildman–Crippen LogP) is 2.20. The molecule has 0 saturated carbocycles. The zero-order valence-corrected chi connectivity index (χ0v) is 13.5. The van der Waals surface area contributed by atoms with Gasteiger partial charge in [0.15, 0.2) is 0 Å². The van der Waals surface area contributed by atoms with E-state index in [-0.39, 0.29) is 16.7 Å². The third kappa shape index (κ3) is 2.85. The lowest BCUT2D eigenvalue weighted by atomic mass is 10.1. The van der Waals surface area contributed by atoms with Gasteiger partial charge in [0.2, 0.25) is 5.91 Å². The number of hydrogen-bond donors (Lipinski definition) is 1. The van der Waals surface area contributed by atoms with Crippen molar-refractivity contribution in [3.63, 3.8) is 0 Å². The number of rotatable bonds is 3. The fraction of sp³-hybridized carbons (Fsp3) is 0.312. The highest BCUT2D eigenvalue weighted by molar-refractivity contribution is 8.05. The van der Waals surface area contributed by atoms with Gasteiger partial charge in [0, 0.05) is 12.7 Å². The topological polar surface area (TPSA) is 73.2 Å². The number of thioether (sulfide) groups is 1. The summed E-state index contributed by atoms with van der Waals surface area (Å²) in [7, 11) is 1.46. The average molecular weight is 315 g/mol. The molecule has 0 bridgehead atoms. The van der Waals surface area contributed by atoms with Crippen LogP contribution in [0.25, 0.3) is 0 Å². The monoisotopic (exact) mass is 315 g/mol. The molecule has 1 atom stereocenters. The summed E-state index contributed by atoms with van der Waals surface area (Å²) in [6.45, 7) is 3.82. The molecule has 22 heavy (non-hydrogen) atoms. The van der Waals surface area contributed by atoms with Crippen LogP contribution in [0.1, 0.15) is 19.4 Å². The van der Waals surface area contributed by atoms with Crippen molar-refractivity contribution in [2.24, 2.45) is 0 Å².